The molecule has 3 aromatic rings. The predicted molar refractivity (Wildman–Crippen MR) is 115 cm³/mol. The number of hydrogen-bond acceptors (Lipinski definition) is 5. The Morgan fingerprint density at radius 3 is 2.45 bits per heavy atom. The lowest BCUT2D eigenvalue weighted by atomic mass is 10.2. The number of oxime groups is 1. The van der Waals surface area contributed by atoms with Gasteiger partial charge >= 0.3 is 0 Å². The number of benzene rings is 2. The lowest BCUT2D eigenvalue weighted by molar-refractivity contribution is 0.131. The second kappa shape index (κ2) is 9.59. The van der Waals surface area contributed by atoms with Crippen LogP contribution in [0.1, 0.15) is 16.4 Å². The number of aromatic nitrogens is 1. The minimum Gasteiger partial charge on any atom is -0.391 e. The Morgan fingerprint density at radius 1 is 1.00 bits per heavy atom. The summed E-state index contributed by atoms with van der Waals surface area (Å²) in [4.78, 5) is 9.41. The first-order chi connectivity index (χ1) is 13.9. The highest BCUT2D eigenvalue weighted by Crippen LogP contribution is 2.28. The number of rotatable bonds is 7. The fourth-order valence-corrected chi connectivity index (χ4v) is 4.55. The summed E-state index contributed by atoms with van der Waals surface area (Å²) < 4.78 is 26.3. The van der Waals surface area contributed by atoms with Crippen molar-refractivity contribution in [1.82, 2.24) is 4.98 Å². The van der Waals surface area contributed by atoms with Crippen molar-refractivity contribution in [2.75, 3.05) is 0 Å². The molecule has 3 rings (SSSR count). The third kappa shape index (κ3) is 5.28. The molecule has 2 aromatic carbocycles. The molecule has 0 spiro atoms. The van der Waals surface area contributed by atoms with Crippen LogP contribution in [0.2, 0.25) is 15.2 Å². The molecule has 0 saturated carbocycles. The first kappa shape index (κ1) is 21.6. The molecule has 0 saturated heterocycles. The molecular formula is C20H15Cl3N2O3S. The average Bonchev–Trinajstić information content (AvgIpc) is 2.72. The molecule has 0 N–H and O–H groups in total. The monoisotopic (exact) mass is 468 g/mol. The van der Waals surface area contributed by atoms with Crippen LogP contribution in [0, 0.1) is 0 Å². The minimum atomic E-state index is -3.79. The van der Waals surface area contributed by atoms with E-state index in [2.05, 4.69) is 10.1 Å². The van der Waals surface area contributed by atoms with Gasteiger partial charge in [0.15, 0.2) is 9.84 Å². The standard InChI is InChI=1S/C20H15Cl3N2O3S/c21-17-8-4-5-15(20(17)23)13-28-25-12-18(14-9-10-19(22)24-11-14)29(26,27)16-6-2-1-3-7-16/h1-12,18H,13H2/b25-12+. The Bertz CT molecular complexity index is 1110. The summed E-state index contributed by atoms with van der Waals surface area (Å²) in [5.41, 5.74) is 1.04. The van der Waals surface area contributed by atoms with Crippen LogP contribution in [0.3, 0.4) is 0 Å². The van der Waals surface area contributed by atoms with Crippen LogP contribution in [-0.2, 0) is 21.3 Å². The highest BCUT2D eigenvalue weighted by atomic mass is 35.5. The Balaban J connectivity index is 1.86. The third-order valence-electron chi connectivity index (χ3n) is 4.01. The number of nitrogens with zero attached hydrogens (tertiary/aromatic N) is 2. The maximum Gasteiger partial charge on any atom is 0.190 e. The Kier molecular flexibility index (Phi) is 7.14. The topological polar surface area (TPSA) is 68.6 Å². The zero-order valence-corrected chi connectivity index (χ0v) is 18.0. The van der Waals surface area contributed by atoms with E-state index in [1.807, 2.05) is 0 Å². The summed E-state index contributed by atoms with van der Waals surface area (Å²) >= 11 is 17.9. The van der Waals surface area contributed by atoms with Crippen LogP contribution in [0.15, 0.2) is 76.9 Å². The SMILES string of the molecule is O=S(=O)(c1ccccc1)C(/C=N/OCc1cccc(Cl)c1Cl)c1ccc(Cl)nc1. The number of pyridine rings is 1. The highest BCUT2D eigenvalue weighted by molar-refractivity contribution is 7.92. The van der Waals surface area contributed by atoms with Gasteiger partial charge in [-0.2, -0.15) is 0 Å². The molecule has 9 heteroatoms. The number of halogens is 3. The van der Waals surface area contributed by atoms with Gasteiger partial charge in [-0.1, -0.05) is 76.4 Å². The molecule has 0 aliphatic rings. The van der Waals surface area contributed by atoms with Crippen molar-refractivity contribution in [2.24, 2.45) is 5.16 Å². The van der Waals surface area contributed by atoms with E-state index in [1.54, 1.807) is 42.5 Å². The molecule has 0 aliphatic heterocycles. The molecule has 1 atom stereocenters. The van der Waals surface area contributed by atoms with Gasteiger partial charge in [0.1, 0.15) is 17.0 Å². The van der Waals surface area contributed by atoms with Gasteiger partial charge in [-0.15, -0.1) is 0 Å². The molecule has 1 heterocycles. The number of sulfone groups is 1. The quantitative estimate of drug-likeness (QED) is 0.251. The summed E-state index contributed by atoms with van der Waals surface area (Å²) in [6.45, 7) is 0.0346. The molecular weight excluding hydrogens is 455 g/mol. The van der Waals surface area contributed by atoms with E-state index >= 15 is 0 Å². The predicted octanol–water partition coefficient (Wildman–Crippen LogP) is 5.76. The summed E-state index contributed by atoms with van der Waals surface area (Å²) in [6.07, 6.45) is 2.61. The third-order valence-corrected chi connectivity index (χ3v) is 7.08. The van der Waals surface area contributed by atoms with Crippen molar-refractivity contribution in [1.29, 1.82) is 0 Å². The molecule has 150 valence electrons. The molecule has 0 bridgehead atoms. The molecule has 0 fully saturated rings. The van der Waals surface area contributed by atoms with Gasteiger partial charge in [-0.25, -0.2) is 13.4 Å². The Morgan fingerprint density at radius 2 is 1.76 bits per heavy atom. The lowest BCUT2D eigenvalue weighted by Crippen LogP contribution is -2.15. The summed E-state index contributed by atoms with van der Waals surface area (Å²) in [5, 5.41) is 3.77. The molecule has 5 nitrogen and oxygen atoms in total. The van der Waals surface area contributed by atoms with Crippen LogP contribution < -0.4 is 0 Å². The molecule has 0 amide bonds. The van der Waals surface area contributed by atoms with E-state index in [0.29, 0.717) is 21.2 Å². The zero-order valence-electron chi connectivity index (χ0n) is 14.9. The maximum absolute atomic E-state index is 13.1. The summed E-state index contributed by atoms with van der Waals surface area (Å²) in [6, 6.07) is 16.3. The maximum atomic E-state index is 13.1. The van der Waals surface area contributed by atoms with Crippen molar-refractivity contribution in [3.8, 4) is 0 Å². The van der Waals surface area contributed by atoms with Crippen molar-refractivity contribution in [2.45, 2.75) is 16.8 Å². The number of hydrogen-bond donors (Lipinski definition) is 0. The molecule has 29 heavy (non-hydrogen) atoms. The van der Waals surface area contributed by atoms with E-state index in [0.717, 1.165) is 0 Å². The highest BCUT2D eigenvalue weighted by Gasteiger charge is 2.28. The molecule has 1 aromatic heterocycles. The van der Waals surface area contributed by atoms with E-state index in [4.69, 9.17) is 39.6 Å². The smallest absolute Gasteiger partial charge is 0.190 e. The Hall–Kier alpha value is -2.12. The van der Waals surface area contributed by atoms with Crippen molar-refractivity contribution < 1.29 is 13.3 Å². The fourth-order valence-electron chi connectivity index (χ4n) is 2.52. The first-order valence-electron chi connectivity index (χ1n) is 8.38. The van der Waals surface area contributed by atoms with Crippen LogP contribution in [0.5, 0.6) is 0 Å². The van der Waals surface area contributed by atoms with Crippen LogP contribution in [0.4, 0.5) is 0 Å². The van der Waals surface area contributed by atoms with Crippen molar-refractivity contribution in [3.05, 3.63) is 93.2 Å². The van der Waals surface area contributed by atoms with Crippen molar-refractivity contribution >= 4 is 50.9 Å². The fraction of sp³-hybridized carbons (Fsp3) is 0.100. The largest absolute Gasteiger partial charge is 0.391 e. The van der Waals surface area contributed by atoms with Gasteiger partial charge in [0.05, 0.1) is 21.2 Å². The second-order valence-electron chi connectivity index (χ2n) is 5.93. The van der Waals surface area contributed by atoms with Crippen LogP contribution >= 0.6 is 34.8 Å². The normalized spacial score (nSPS) is 12.8. The van der Waals surface area contributed by atoms with Gasteiger partial charge < -0.3 is 4.84 Å². The van der Waals surface area contributed by atoms with Gasteiger partial charge in [0.2, 0.25) is 0 Å². The van der Waals surface area contributed by atoms with Gasteiger partial charge in [0, 0.05) is 11.8 Å². The summed E-state index contributed by atoms with van der Waals surface area (Å²) in [7, 11) is -3.79. The van der Waals surface area contributed by atoms with Gasteiger partial charge in [-0.05, 0) is 29.8 Å². The van der Waals surface area contributed by atoms with Gasteiger partial charge in [-0.3, -0.25) is 0 Å². The van der Waals surface area contributed by atoms with Crippen LogP contribution in [-0.4, -0.2) is 19.6 Å². The minimum absolute atomic E-state index is 0.0346. The van der Waals surface area contributed by atoms with E-state index in [1.165, 1.54) is 30.6 Å². The van der Waals surface area contributed by atoms with E-state index < -0.39 is 15.1 Å². The molecule has 0 radical (unpaired) electrons. The Labute approximate surface area is 183 Å². The van der Waals surface area contributed by atoms with E-state index in [9.17, 15) is 8.42 Å². The zero-order chi connectivity index (χ0) is 20.9. The van der Waals surface area contributed by atoms with E-state index in [-0.39, 0.29) is 16.7 Å². The van der Waals surface area contributed by atoms with Crippen molar-refractivity contribution in [3.63, 3.8) is 0 Å². The van der Waals surface area contributed by atoms with Crippen LogP contribution in [0.25, 0.3) is 0 Å². The average molecular weight is 470 g/mol. The first-order valence-corrected chi connectivity index (χ1v) is 11.1. The van der Waals surface area contributed by atoms with Gasteiger partial charge in [0.25, 0.3) is 0 Å². The molecule has 0 aliphatic carbocycles. The summed E-state index contributed by atoms with van der Waals surface area (Å²) in [5.74, 6) is 0. The molecule has 1 unspecified atom stereocenters. The second-order valence-corrected chi connectivity index (χ2v) is 9.18. The lowest BCUT2D eigenvalue weighted by Gasteiger charge is -2.14.